The molecule has 7 heteroatoms. The van der Waals surface area contributed by atoms with Gasteiger partial charge in [-0.2, -0.15) is 0 Å². The van der Waals surface area contributed by atoms with Crippen molar-refractivity contribution in [3.8, 4) is 11.5 Å². The fraction of sp³-hybridized carbons (Fsp3) is 0.381. The third-order valence-corrected chi connectivity index (χ3v) is 5.91. The van der Waals surface area contributed by atoms with Crippen molar-refractivity contribution in [2.75, 3.05) is 45.1 Å². The van der Waals surface area contributed by atoms with Crippen LogP contribution >= 0.6 is 11.8 Å². The number of halogens is 1. The number of amides is 1. The zero-order valence-corrected chi connectivity index (χ0v) is 16.4. The van der Waals surface area contributed by atoms with Gasteiger partial charge in [-0.25, -0.2) is 4.39 Å². The lowest BCUT2D eigenvalue weighted by molar-refractivity contribution is -0.130. The largest absolute Gasteiger partial charge is 0.486 e. The molecule has 28 heavy (non-hydrogen) atoms. The first-order valence-electron chi connectivity index (χ1n) is 9.44. The number of piperazine rings is 1. The number of thioether (sulfide) groups is 1. The van der Waals surface area contributed by atoms with E-state index in [4.69, 9.17) is 9.47 Å². The monoisotopic (exact) mass is 402 g/mol. The van der Waals surface area contributed by atoms with Gasteiger partial charge in [-0.15, -0.1) is 11.8 Å². The number of ether oxygens (including phenoxy) is 2. The number of rotatable bonds is 5. The highest BCUT2D eigenvalue weighted by Crippen LogP contribution is 2.31. The average molecular weight is 402 g/mol. The minimum absolute atomic E-state index is 0.133. The van der Waals surface area contributed by atoms with Gasteiger partial charge in [0.1, 0.15) is 19.0 Å². The molecule has 2 aliphatic heterocycles. The molecular formula is C21H23FN2O3S. The first-order chi connectivity index (χ1) is 13.7. The predicted octanol–water partition coefficient (Wildman–Crippen LogP) is 3.03. The van der Waals surface area contributed by atoms with Gasteiger partial charge in [0.05, 0.1) is 5.75 Å². The first-order valence-corrected chi connectivity index (χ1v) is 10.4. The van der Waals surface area contributed by atoms with E-state index in [1.165, 1.54) is 29.5 Å². The van der Waals surface area contributed by atoms with Gasteiger partial charge in [0.2, 0.25) is 5.91 Å². The molecule has 2 aromatic carbocycles. The van der Waals surface area contributed by atoms with E-state index in [-0.39, 0.29) is 11.7 Å². The summed E-state index contributed by atoms with van der Waals surface area (Å²) in [5, 5.41) is 0. The Hall–Kier alpha value is -2.25. The van der Waals surface area contributed by atoms with E-state index in [1.54, 1.807) is 12.1 Å². The molecule has 2 aromatic rings. The number of carbonyl (C=O) groups excluding carboxylic acids is 1. The SMILES string of the molecule is O=C(CSc1ccc(F)cc1)N1CCN(Cc2ccc3c(c2)OCCO3)CC1. The van der Waals surface area contributed by atoms with Crippen LogP contribution in [0.25, 0.3) is 0 Å². The van der Waals surface area contributed by atoms with Crippen molar-refractivity contribution in [3.05, 3.63) is 53.8 Å². The summed E-state index contributed by atoms with van der Waals surface area (Å²) < 4.78 is 24.2. The van der Waals surface area contributed by atoms with Crippen LogP contribution < -0.4 is 9.47 Å². The van der Waals surface area contributed by atoms with Crippen molar-refractivity contribution in [1.82, 2.24) is 9.80 Å². The maximum absolute atomic E-state index is 13.0. The zero-order valence-electron chi connectivity index (χ0n) is 15.6. The highest BCUT2D eigenvalue weighted by atomic mass is 32.2. The smallest absolute Gasteiger partial charge is 0.233 e. The fourth-order valence-electron chi connectivity index (χ4n) is 3.37. The Labute approximate surface area is 168 Å². The van der Waals surface area contributed by atoms with Crippen LogP contribution in [0.4, 0.5) is 4.39 Å². The summed E-state index contributed by atoms with van der Waals surface area (Å²) in [6, 6.07) is 12.3. The van der Waals surface area contributed by atoms with E-state index in [9.17, 15) is 9.18 Å². The van der Waals surface area contributed by atoms with Gasteiger partial charge in [0.15, 0.2) is 11.5 Å². The van der Waals surface area contributed by atoms with Crippen molar-refractivity contribution < 1.29 is 18.7 Å². The minimum Gasteiger partial charge on any atom is -0.486 e. The van der Waals surface area contributed by atoms with E-state index < -0.39 is 0 Å². The Morgan fingerprint density at radius 1 is 0.964 bits per heavy atom. The molecule has 1 amide bonds. The summed E-state index contributed by atoms with van der Waals surface area (Å²) in [5.74, 6) is 1.88. The predicted molar refractivity (Wildman–Crippen MR) is 106 cm³/mol. The summed E-state index contributed by atoms with van der Waals surface area (Å²) in [7, 11) is 0. The van der Waals surface area contributed by atoms with Crippen molar-refractivity contribution in [3.63, 3.8) is 0 Å². The number of hydrogen-bond donors (Lipinski definition) is 0. The van der Waals surface area contributed by atoms with Gasteiger partial charge in [-0.1, -0.05) is 6.07 Å². The van der Waals surface area contributed by atoms with E-state index in [1.807, 2.05) is 17.0 Å². The van der Waals surface area contributed by atoms with Gasteiger partial charge in [0.25, 0.3) is 0 Å². The highest BCUT2D eigenvalue weighted by molar-refractivity contribution is 8.00. The number of carbonyl (C=O) groups is 1. The van der Waals surface area contributed by atoms with Crippen LogP contribution in [-0.4, -0.2) is 60.9 Å². The van der Waals surface area contributed by atoms with Gasteiger partial charge < -0.3 is 14.4 Å². The zero-order chi connectivity index (χ0) is 19.3. The summed E-state index contributed by atoms with van der Waals surface area (Å²) in [4.78, 5) is 17.6. The lowest BCUT2D eigenvalue weighted by Crippen LogP contribution is -2.48. The molecule has 0 spiro atoms. The second-order valence-electron chi connectivity index (χ2n) is 6.88. The second kappa shape index (κ2) is 8.84. The molecule has 148 valence electrons. The summed E-state index contributed by atoms with van der Waals surface area (Å²) in [6.45, 7) is 5.18. The van der Waals surface area contributed by atoms with Crippen molar-refractivity contribution in [2.24, 2.45) is 0 Å². The maximum Gasteiger partial charge on any atom is 0.233 e. The Balaban J connectivity index is 1.24. The minimum atomic E-state index is -0.259. The summed E-state index contributed by atoms with van der Waals surface area (Å²) >= 11 is 1.45. The summed E-state index contributed by atoms with van der Waals surface area (Å²) in [5.41, 5.74) is 1.19. The third-order valence-electron chi connectivity index (χ3n) is 4.91. The number of hydrogen-bond acceptors (Lipinski definition) is 5. The molecular weight excluding hydrogens is 379 g/mol. The number of nitrogens with zero attached hydrogens (tertiary/aromatic N) is 2. The van der Waals surface area contributed by atoms with E-state index in [0.717, 1.165) is 49.1 Å². The average Bonchev–Trinajstić information content (AvgIpc) is 2.73. The van der Waals surface area contributed by atoms with Crippen LogP contribution in [0.1, 0.15) is 5.56 Å². The molecule has 0 aromatic heterocycles. The molecule has 0 N–H and O–H groups in total. The Kier molecular flexibility index (Phi) is 6.02. The van der Waals surface area contributed by atoms with E-state index >= 15 is 0 Å². The van der Waals surface area contributed by atoms with Crippen LogP contribution in [-0.2, 0) is 11.3 Å². The van der Waals surface area contributed by atoms with Crippen LogP contribution in [0.5, 0.6) is 11.5 Å². The Morgan fingerprint density at radius 3 is 2.43 bits per heavy atom. The highest BCUT2D eigenvalue weighted by Gasteiger charge is 2.21. The van der Waals surface area contributed by atoms with Crippen LogP contribution in [0.3, 0.4) is 0 Å². The second-order valence-corrected chi connectivity index (χ2v) is 7.93. The van der Waals surface area contributed by atoms with Crippen LogP contribution in [0.2, 0.25) is 0 Å². The van der Waals surface area contributed by atoms with Crippen molar-refractivity contribution in [2.45, 2.75) is 11.4 Å². The quantitative estimate of drug-likeness (QED) is 0.720. The van der Waals surface area contributed by atoms with Gasteiger partial charge in [-0.3, -0.25) is 9.69 Å². The van der Waals surface area contributed by atoms with Gasteiger partial charge >= 0.3 is 0 Å². The molecule has 5 nitrogen and oxygen atoms in total. The molecule has 1 saturated heterocycles. The van der Waals surface area contributed by atoms with Crippen molar-refractivity contribution in [1.29, 1.82) is 0 Å². The lowest BCUT2D eigenvalue weighted by atomic mass is 10.1. The Morgan fingerprint density at radius 2 is 1.68 bits per heavy atom. The van der Waals surface area contributed by atoms with Gasteiger partial charge in [0, 0.05) is 37.6 Å². The van der Waals surface area contributed by atoms with Crippen LogP contribution in [0.15, 0.2) is 47.4 Å². The molecule has 2 aliphatic rings. The van der Waals surface area contributed by atoms with Crippen LogP contribution in [0, 0.1) is 5.82 Å². The molecule has 4 rings (SSSR count). The first kappa shape index (κ1) is 19.1. The van der Waals surface area contributed by atoms with Gasteiger partial charge in [-0.05, 0) is 42.0 Å². The normalized spacial score (nSPS) is 16.8. The number of benzene rings is 2. The molecule has 0 saturated carbocycles. The Bertz CT molecular complexity index is 823. The van der Waals surface area contributed by atoms with Crippen molar-refractivity contribution >= 4 is 17.7 Å². The topological polar surface area (TPSA) is 42.0 Å². The maximum atomic E-state index is 13.0. The summed E-state index contributed by atoms with van der Waals surface area (Å²) in [6.07, 6.45) is 0. The molecule has 0 unspecified atom stereocenters. The lowest BCUT2D eigenvalue weighted by Gasteiger charge is -2.35. The van der Waals surface area contributed by atoms with E-state index in [0.29, 0.717) is 19.0 Å². The molecule has 1 fully saturated rings. The molecule has 0 atom stereocenters. The van der Waals surface area contributed by atoms with E-state index in [2.05, 4.69) is 11.0 Å². The molecule has 0 radical (unpaired) electrons. The third kappa shape index (κ3) is 4.77. The standard InChI is InChI=1S/C21H23FN2O3S/c22-17-2-4-18(5-3-17)28-15-21(25)24-9-7-23(8-10-24)14-16-1-6-19-20(13-16)27-12-11-26-19/h1-6,13H,7-12,14-15H2. The molecule has 0 aliphatic carbocycles. The number of fused-ring (bicyclic) bond motifs is 1. The molecule has 0 bridgehead atoms. The fourth-order valence-corrected chi connectivity index (χ4v) is 4.17. The molecule has 2 heterocycles.